The zero-order valence-electron chi connectivity index (χ0n) is 15.9. The summed E-state index contributed by atoms with van der Waals surface area (Å²) >= 11 is 6.19. The predicted molar refractivity (Wildman–Crippen MR) is 105 cm³/mol. The van der Waals surface area contributed by atoms with Crippen LogP contribution in [0.15, 0.2) is 28.8 Å². The lowest BCUT2D eigenvalue weighted by molar-refractivity contribution is -0.127. The van der Waals surface area contributed by atoms with Gasteiger partial charge in [0.05, 0.1) is 11.6 Å². The van der Waals surface area contributed by atoms with Gasteiger partial charge in [0.2, 0.25) is 17.6 Å². The third-order valence-corrected chi connectivity index (χ3v) is 5.34. The van der Waals surface area contributed by atoms with Crippen LogP contribution in [-0.4, -0.2) is 40.1 Å². The summed E-state index contributed by atoms with van der Waals surface area (Å²) in [5.41, 5.74) is 0.769. The van der Waals surface area contributed by atoms with E-state index < -0.39 is 0 Å². The molecule has 0 radical (unpaired) electrons. The maximum absolute atomic E-state index is 12.4. The average molecular weight is 391 g/mol. The van der Waals surface area contributed by atoms with Crippen molar-refractivity contribution in [3.63, 3.8) is 0 Å². The van der Waals surface area contributed by atoms with Gasteiger partial charge < -0.3 is 9.84 Å². The molecule has 1 aromatic heterocycles. The second-order valence-corrected chi connectivity index (χ2v) is 7.65. The number of piperidine rings is 1. The number of amides is 1. The molecule has 1 aliphatic rings. The second-order valence-electron chi connectivity index (χ2n) is 7.24. The highest BCUT2D eigenvalue weighted by Gasteiger charge is 2.26. The molecule has 27 heavy (non-hydrogen) atoms. The Morgan fingerprint density at radius 3 is 2.81 bits per heavy atom. The zero-order chi connectivity index (χ0) is 19.2. The molecule has 1 unspecified atom stereocenters. The maximum atomic E-state index is 12.4. The number of likely N-dealkylation sites (tertiary alicyclic amines) is 1. The molecule has 1 amide bonds. The summed E-state index contributed by atoms with van der Waals surface area (Å²) in [4.78, 5) is 19.1. The lowest BCUT2D eigenvalue weighted by Crippen LogP contribution is -2.42. The topological polar surface area (TPSA) is 71.3 Å². The van der Waals surface area contributed by atoms with Gasteiger partial charge in [-0.05, 0) is 51.4 Å². The van der Waals surface area contributed by atoms with Crippen LogP contribution < -0.4 is 5.32 Å². The van der Waals surface area contributed by atoms with Crippen LogP contribution in [0.25, 0.3) is 11.4 Å². The Bertz CT molecular complexity index is 756. The summed E-state index contributed by atoms with van der Waals surface area (Å²) in [6, 6.07) is 7.71. The SMILES string of the molecule is CCCC(C)NC(=O)C1CCN(Cc2nc(-c3ccccc3Cl)no2)CC1. The third kappa shape index (κ3) is 5.30. The van der Waals surface area contributed by atoms with E-state index in [0.717, 1.165) is 44.3 Å². The van der Waals surface area contributed by atoms with Gasteiger partial charge in [-0.15, -0.1) is 0 Å². The minimum absolute atomic E-state index is 0.0990. The summed E-state index contributed by atoms with van der Waals surface area (Å²) in [6.45, 7) is 6.50. The van der Waals surface area contributed by atoms with E-state index >= 15 is 0 Å². The minimum atomic E-state index is 0.0990. The molecule has 1 fully saturated rings. The van der Waals surface area contributed by atoms with Crippen molar-refractivity contribution in [2.45, 2.75) is 52.1 Å². The van der Waals surface area contributed by atoms with Crippen molar-refractivity contribution in [3.05, 3.63) is 35.2 Å². The van der Waals surface area contributed by atoms with E-state index in [4.69, 9.17) is 16.1 Å². The molecule has 1 aromatic carbocycles. The van der Waals surface area contributed by atoms with Crippen molar-refractivity contribution in [1.82, 2.24) is 20.4 Å². The lowest BCUT2D eigenvalue weighted by Gasteiger charge is -2.30. The van der Waals surface area contributed by atoms with Crippen molar-refractivity contribution < 1.29 is 9.32 Å². The highest BCUT2D eigenvalue weighted by atomic mass is 35.5. The minimum Gasteiger partial charge on any atom is -0.353 e. The first-order chi connectivity index (χ1) is 13.1. The number of hydrogen-bond donors (Lipinski definition) is 1. The molecule has 146 valence electrons. The molecule has 3 rings (SSSR count). The predicted octanol–water partition coefficient (Wildman–Crippen LogP) is 3.91. The van der Waals surface area contributed by atoms with Gasteiger partial charge in [-0.3, -0.25) is 9.69 Å². The van der Waals surface area contributed by atoms with Crippen LogP contribution in [0.4, 0.5) is 0 Å². The normalized spacial score (nSPS) is 17.0. The first kappa shape index (κ1) is 19.8. The number of carbonyl (C=O) groups excluding carboxylic acids is 1. The van der Waals surface area contributed by atoms with Crippen molar-refractivity contribution in [2.24, 2.45) is 5.92 Å². The number of rotatable bonds is 7. The van der Waals surface area contributed by atoms with Crippen molar-refractivity contribution in [1.29, 1.82) is 0 Å². The molecule has 1 saturated heterocycles. The van der Waals surface area contributed by atoms with E-state index in [1.807, 2.05) is 24.3 Å². The molecule has 0 spiro atoms. The Labute approximate surface area is 165 Å². The monoisotopic (exact) mass is 390 g/mol. The maximum Gasteiger partial charge on any atom is 0.241 e. The van der Waals surface area contributed by atoms with Crippen LogP contribution in [0.5, 0.6) is 0 Å². The first-order valence-corrected chi connectivity index (χ1v) is 10.0. The van der Waals surface area contributed by atoms with Gasteiger partial charge in [-0.2, -0.15) is 4.98 Å². The summed E-state index contributed by atoms with van der Waals surface area (Å²) in [5, 5.41) is 7.78. The molecule has 0 bridgehead atoms. The van der Waals surface area contributed by atoms with Gasteiger partial charge in [-0.25, -0.2) is 0 Å². The van der Waals surface area contributed by atoms with Gasteiger partial charge in [0.1, 0.15) is 0 Å². The highest BCUT2D eigenvalue weighted by Crippen LogP contribution is 2.25. The molecule has 7 heteroatoms. The van der Waals surface area contributed by atoms with Crippen LogP contribution in [-0.2, 0) is 11.3 Å². The number of aromatic nitrogens is 2. The summed E-state index contributed by atoms with van der Waals surface area (Å²) < 4.78 is 5.39. The zero-order valence-corrected chi connectivity index (χ0v) is 16.7. The van der Waals surface area contributed by atoms with Crippen LogP contribution in [0.1, 0.15) is 45.4 Å². The number of hydrogen-bond acceptors (Lipinski definition) is 5. The van der Waals surface area contributed by atoms with E-state index in [-0.39, 0.29) is 17.9 Å². The average Bonchev–Trinajstić information content (AvgIpc) is 3.11. The Morgan fingerprint density at radius 1 is 1.37 bits per heavy atom. The number of halogens is 1. The largest absolute Gasteiger partial charge is 0.353 e. The molecular formula is C20H27ClN4O2. The lowest BCUT2D eigenvalue weighted by atomic mass is 9.95. The van der Waals surface area contributed by atoms with Crippen molar-refractivity contribution >= 4 is 17.5 Å². The Hall–Kier alpha value is -1.92. The van der Waals surface area contributed by atoms with Gasteiger partial charge in [0.25, 0.3) is 0 Å². The van der Waals surface area contributed by atoms with Crippen molar-refractivity contribution in [3.8, 4) is 11.4 Å². The Morgan fingerprint density at radius 2 is 2.11 bits per heavy atom. The molecule has 1 N–H and O–H groups in total. The highest BCUT2D eigenvalue weighted by molar-refractivity contribution is 6.33. The third-order valence-electron chi connectivity index (χ3n) is 5.01. The quantitative estimate of drug-likeness (QED) is 0.776. The second kappa shape index (κ2) is 9.33. The summed E-state index contributed by atoms with van der Waals surface area (Å²) in [7, 11) is 0. The number of nitrogens with zero attached hydrogens (tertiary/aromatic N) is 3. The molecule has 2 aromatic rings. The summed E-state index contributed by atoms with van der Waals surface area (Å²) in [6.07, 6.45) is 3.82. The van der Waals surface area contributed by atoms with Gasteiger partial charge in [0.15, 0.2) is 0 Å². The van der Waals surface area contributed by atoms with Crippen LogP contribution in [0.3, 0.4) is 0 Å². The molecule has 0 saturated carbocycles. The molecular weight excluding hydrogens is 364 g/mol. The summed E-state index contributed by atoms with van der Waals surface area (Å²) in [5.74, 6) is 1.37. The number of benzene rings is 1. The molecule has 6 nitrogen and oxygen atoms in total. The van der Waals surface area contributed by atoms with E-state index in [1.54, 1.807) is 0 Å². The van der Waals surface area contributed by atoms with Gasteiger partial charge in [-0.1, -0.05) is 42.2 Å². The fourth-order valence-electron chi connectivity index (χ4n) is 3.48. The molecule has 1 aliphatic heterocycles. The van der Waals surface area contributed by atoms with Gasteiger partial charge >= 0.3 is 0 Å². The first-order valence-electron chi connectivity index (χ1n) is 9.67. The van der Waals surface area contributed by atoms with Crippen LogP contribution >= 0.6 is 11.6 Å². The van der Waals surface area contributed by atoms with E-state index in [0.29, 0.717) is 23.3 Å². The molecule has 0 aliphatic carbocycles. The Kier molecular flexibility index (Phi) is 6.85. The van der Waals surface area contributed by atoms with Crippen LogP contribution in [0, 0.1) is 5.92 Å². The smallest absolute Gasteiger partial charge is 0.241 e. The number of nitrogens with one attached hydrogen (secondary N) is 1. The standard InChI is InChI=1S/C20H27ClN4O2/c1-3-6-14(2)22-20(26)15-9-11-25(12-10-15)13-18-23-19(24-27-18)16-7-4-5-8-17(16)21/h4-5,7-8,14-15H,3,6,9-13H2,1-2H3,(H,22,26). The van der Waals surface area contributed by atoms with E-state index in [2.05, 4.69) is 34.2 Å². The van der Waals surface area contributed by atoms with Gasteiger partial charge in [0, 0.05) is 17.5 Å². The Balaban J connectivity index is 1.50. The fourth-order valence-corrected chi connectivity index (χ4v) is 3.70. The van der Waals surface area contributed by atoms with E-state index in [9.17, 15) is 4.79 Å². The number of carbonyl (C=O) groups is 1. The fraction of sp³-hybridized carbons (Fsp3) is 0.550. The van der Waals surface area contributed by atoms with Crippen molar-refractivity contribution in [2.75, 3.05) is 13.1 Å². The molecule has 1 atom stereocenters. The van der Waals surface area contributed by atoms with Crippen LogP contribution in [0.2, 0.25) is 5.02 Å². The van der Waals surface area contributed by atoms with E-state index in [1.165, 1.54) is 0 Å². The molecule has 2 heterocycles.